The molecule has 0 bridgehead atoms. The van der Waals surface area contributed by atoms with Crippen molar-refractivity contribution in [2.24, 2.45) is 28.6 Å². The molecule has 2 nitrogen and oxygen atoms in total. The largest absolute Gasteiger partial charge is 0.495 e. The Morgan fingerprint density at radius 2 is 1.83 bits per heavy atom. The van der Waals surface area contributed by atoms with Gasteiger partial charge in [0.1, 0.15) is 5.78 Å². The van der Waals surface area contributed by atoms with E-state index in [1.54, 1.807) is 0 Å². The molecule has 4 rings (SSSR count). The van der Waals surface area contributed by atoms with E-state index < -0.39 is 0 Å². The summed E-state index contributed by atoms with van der Waals surface area (Å²) >= 11 is 0. The fraction of sp³-hybridized carbons (Fsp3) is 0.773. The predicted molar refractivity (Wildman–Crippen MR) is 96.4 cm³/mol. The molecule has 2 heteroatoms. The van der Waals surface area contributed by atoms with Gasteiger partial charge in [-0.1, -0.05) is 19.9 Å². The second-order valence-electron chi connectivity index (χ2n) is 9.38. The summed E-state index contributed by atoms with van der Waals surface area (Å²) in [7, 11) is 0. The van der Waals surface area contributed by atoms with Crippen LogP contribution in [0.3, 0.4) is 0 Å². The van der Waals surface area contributed by atoms with Gasteiger partial charge in [-0.3, -0.25) is 4.79 Å². The predicted octanol–water partition coefficient (Wildman–Crippen LogP) is 5.44. The van der Waals surface area contributed by atoms with Crippen LogP contribution in [0.25, 0.3) is 0 Å². The highest BCUT2D eigenvalue weighted by atomic mass is 16.5. The van der Waals surface area contributed by atoms with Gasteiger partial charge in [0.25, 0.3) is 0 Å². The number of carbonyl (C=O) groups is 1. The number of hydrogen-bond donors (Lipinski definition) is 0. The van der Waals surface area contributed by atoms with E-state index in [0.29, 0.717) is 23.0 Å². The zero-order valence-corrected chi connectivity index (χ0v) is 15.7. The van der Waals surface area contributed by atoms with Gasteiger partial charge in [0.2, 0.25) is 0 Å². The van der Waals surface area contributed by atoms with Crippen LogP contribution in [0.5, 0.6) is 0 Å². The lowest BCUT2D eigenvalue weighted by Crippen LogP contribution is -2.49. The van der Waals surface area contributed by atoms with Crippen LogP contribution in [0.1, 0.15) is 72.6 Å². The Balaban J connectivity index is 1.65. The number of ether oxygens (including phenoxy) is 1. The van der Waals surface area contributed by atoms with Crippen LogP contribution >= 0.6 is 0 Å². The van der Waals surface area contributed by atoms with Crippen molar-refractivity contribution in [1.29, 1.82) is 0 Å². The molecule has 0 saturated heterocycles. The molecule has 0 spiro atoms. The second-order valence-corrected chi connectivity index (χ2v) is 9.38. The molecule has 0 radical (unpaired) electrons. The molecule has 0 unspecified atom stereocenters. The van der Waals surface area contributed by atoms with Crippen LogP contribution in [0.15, 0.2) is 23.5 Å². The minimum absolute atomic E-state index is 0.0146. The highest BCUT2D eigenvalue weighted by Crippen LogP contribution is 2.63. The quantitative estimate of drug-likeness (QED) is 0.675. The van der Waals surface area contributed by atoms with Crippen molar-refractivity contribution >= 4 is 5.78 Å². The Bertz CT molecular complexity index is 613. The molecule has 5 atom stereocenters. The number of hydrogen-bond acceptors (Lipinski definition) is 2. The monoisotopic (exact) mass is 328 g/mol. The lowest BCUT2D eigenvalue weighted by molar-refractivity contribution is -0.131. The molecule has 0 aromatic heterocycles. The standard InChI is InChI=1S/C22H32O2/c1-14(2)24-16-9-11-21(3)15(13-16)5-6-17-18-7-8-20(23)22(18,4)12-10-19(17)21/h5,13-14,17-19H,6-12H2,1-4H3/t17-,18-,19-,21-,22-/m0/s1. The lowest BCUT2D eigenvalue weighted by atomic mass is 9.49. The molecule has 24 heavy (non-hydrogen) atoms. The first-order valence-corrected chi connectivity index (χ1v) is 9.96. The minimum Gasteiger partial charge on any atom is -0.495 e. The summed E-state index contributed by atoms with van der Waals surface area (Å²) < 4.78 is 6.00. The molecule has 0 N–H and O–H groups in total. The third-order valence-electron chi connectivity index (χ3n) is 7.83. The van der Waals surface area contributed by atoms with E-state index in [1.807, 2.05) is 0 Å². The first-order chi connectivity index (χ1) is 11.3. The number of carbonyl (C=O) groups excluding carboxylic acids is 1. The molecular formula is C22H32O2. The number of allylic oxidation sites excluding steroid dienone is 4. The molecule has 0 aromatic rings. The maximum Gasteiger partial charge on any atom is 0.139 e. The summed E-state index contributed by atoms with van der Waals surface area (Å²) in [6, 6.07) is 0. The molecule has 132 valence electrons. The molecule has 0 amide bonds. The van der Waals surface area contributed by atoms with Crippen molar-refractivity contribution in [3.05, 3.63) is 23.5 Å². The van der Waals surface area contributed by atoms with Crippen LogP contribution in [-0.4, -0.2) is 11.9 Å². The van der Waals surface area contributed by atoms with Gasteiger partial charge in [0.15, 0.2) is 0 Å². The average molecular weight is 328 g/mol. The van der Waals surface area contributed by atoms with Gasteiger partial charge in [-0.25, -0.2) is 0 Å². The van der Waals surface area contributed by atoms with E-state index in [0.717, 1.165) is 38.0 Å². The van der Waals surface area contributed by atoms with Gasteiger partial charge < -0.3 is 4.74 Å². The summed E-state index contributed by atoms with van der Waals surface area (Å²) in [6.45, 7) is 8.97. The van der Waals surface area contributed by atoms with Crippen LogP contribution in [-0.2, 0) is 9.53 Å². The SMILES string of the molecule is CC(C)OC1=CC2=CC[C@@H]3[C@H](CC[C@]4(C)C(=O)CC[C@@H]34)[C@@]2(C)CC1. The first kappa shape index (κ1) is 16.4. The Morgan fingerprint density at radius 1 is 1.08 bits per heavy atom. The van der Waals surface area contributed by atoms with Gasteiger partial charge >= 0.3 is 0 Å². The van der Waals surface area contributed by atoms with E-state index in [9.17, 15) is 4.79 Å². The maximum atomic E-state index is 12.5. The zero-order chi connectivity index (χ0) is 17.1. The van der Waals surface area contributed by atoms with Crippen molar-refractivity contribution in [3.8, 4) is 0 Å². The van der Waals surface area contributed by atoms with Gasteiger partial charge in [0, 0.05) is 18.3 Å². The Hall–Kier alpha value is -1.05. The number of ketones is 1. The Labute approximate surface area is 146 Å². The third kappa shape index (κ3) is 2.24. The number of fused-ring (bicyclic) bond motifs is 5. The Kier molecular flexibility index (Phi) is 3.75. The number of rotatable bonds is 2. The highest BCUT2D eigenvalue weighted by molar-refractivity contribution is 5.87. The highest BCUT2D eigenvalue weighted by Gasteiger charge is 2.58. The zero-order valence-electron chi connectivity index (χ0n) is 15.7. The van der Waals surface area contributed by atoms with Crippen molar-refractivity contribution in [2.75, 3.05) is 0 Å². The molecular weight excluding hydrogens is 296 g/mol. The lowest BCUT2D eigenvalue weighted by Gasteiger charge is -2.55. The minimum atomic E-state index is -0.0146. The topological polar surface area (TPSA) is 26.3 Å². The summed E-state index contributed by atoms with van der Waals surface area (Å²) in [5, 5.41) is 0. The molecule has 2 fully saturated rings. The molecule has 0 heterocycles. The van der Waals surface area contributed by atoms with E-state index in [1.165, 1.54) is 24.2 Å². The van der Waals surface area contributed by atoms with Crippen LogP contribution < -0.4 is 0 Å². The van der Waals surface area contributed by atoms with Crippen molar-refractivity contribution in [1.82, 2.24) is 0 Å². The van der Waals surface area contributed by atoms with Gasteiger partial charge in [0.05, 0.1) is 11.9 Å². The third-order valence-corrected chi connectivity index (χ3v) is 7.83. The van der Waals surface area contributed by atoms with Crippen molar-refractivity contribution in [3.63, 3.8) is 0 Å². The molecule has 4 aliphatic rings. The van der Waals surface area contributed by atoms with E-state index >= 15 is 0 Å². The van der Waals surface area contributed by atoms with E-state index in [4.69, 9.17) is 4.74 Å². The van der Waals surface area contributed by atoms with Crippen LogP contribution in [0, 0.1) is 28.6 Å². The fourth-order valence-electron chi connectivity index (χ4n) is 6.47. The van der Waals surface area contributed by atoms with Gasteiger partial charge in [-0.05, 0) is 80.8 Å². The van der Waals surface area contributed by atoms with Crippen molar-refractivity contribution < 1.29 is 9.53 Å². The summed E-state index contributed by atoms with van der Waals surface area (Å²) in [5.74, 6) is 3.80. The normalized spacial score (nSPS) is 44.4. The summed E-state index contributed by atoms with van der Waals surface area (Å²) in [5.41, 5.74) is 1.79. The second kappa shape index (κ2) is 5.47. The summed E-state index contributed by atoms with van der Waals surface area (Å²) in [4.78, 5) is 12.5. The van der Waals surface area contributed by atoms with Crippen LogP contribution in [0.4, 0.5) is 0 Å². The van der Waals surface area contributed by atoms with Crippen LogP contribution in [0.2, 0.25) is 0 Å². The molecule has 4 aliphatic carbocycles. The fourth-order valence-corrected chi connectivity index (χ4v) is 6.47. The average Bonchev–Trinajstić information content (AvgIpc) is 2.83. The first-order valence-electron chi connectivity index (χ1n) is 9.96. The van der Waals surface area contributed by atoms with E-state index in [2.05, 4.69) is 39.8 Å². The van der Waals surface area contributed by atoms with Gasteiger partial charge in [-0.2, -0.15) is 0 Å². The molecule has 0 aromatic carbocycles. The van der Waals surface area contributed by atoms with Gasteiger partial charge in [-0.15, -0.1) is 0 Å². The van der Waals surface area contributed by atoms with Crippen molar-refractivity contribution in [2.45, 2.75) is 78.7 Å². The smallest absolute Gasteiger partial charge is 0.139 e. The maximum absolute atomic E-state index is 12.5. The van der Waals surface area contributed by atoms with E-state index in [-0.39, 0.29) is 11.5 Å². The Morgan fingerprint density at radius 3 is 2.58 bits per heavy atom. The summed E-state index contributed by atoms with van der Waals surface area (Å²) in [6.07, 6.45) is 12.8. The molecule has 2 saturated carbocycles. The molecule has 0 aliphatic heterocycles. The number of Topliss-reactive ketones (excluding diaryl/α,β-unsaturated/α-hetero) is 1.